The molecule has 2 rings (SSSR count). The van der Waals surface area contributed by atoms with Crippen molar-refractivity contribution in [2.24, 2.45) is 0 Å². The Bertz CT molecular complexity index is 530. The number of amides is 1. The molecule has 0 bridgehead atoms. The molecule has 0 saturated heterocycles. The van der Waals surface area contributed by atoms with Gasteiger partial charge in [-0.05, 0) is 36.9 Å². The van der Waals surface area contributed by atoms with E-state index in [1.807, 2.05) is 37.5 Å². The lowest BCUT2D eigenvalue weighted by Crippen LogP contribution is -2.34. The van der Waals surface area contributed by atoms with E-state index in [0.29, 0.717) is 0 Å². The minimum atomic E-state index is 0.0795. The highest BCUT2D eigenvalue weighted by molar-refractivity contribution is 5.97. The minimum Gasteiger partial charge on any atom is -0.361 e. The van der Waals surface area contributed by atoms with Crippen LogP contribution in [0.2, 0.25) is 0 Å². The first-order chi connectivity index (χ1) is 8.13. The van der Waals surface area contributed by atoms with E-state index in [2.05, 4.69) is 18.8 Å². The highest BCUT2D eigenvalue weighted by Gasteiger charge is 2.16. The summed E-state index contributed by atoms with van der Waals surface area (Å²) in [5, 5.41) is 1.13. The Balaban J connectivity index is 2.29. The van der Waals surface area contributed by atoms with Gasteiger partial charge in [0.05, 0.1) is 0 Å². The third-order valence-corrected chi connectivity index (χ3v) is 3.37. The van der Waals surface area contributed by atoms with Crippen molar-refractivity contribution in [2.75, 3.05) is 7.05 Å². The fourth-order valence-electron chi connectivity index (χ4n) is 1.86. The van der Waals surface area contributed by atoms with Gasteiger partial charge in [-0.15, -0.1) is 0 Å². The van der Waals surface area contributed by atoms with Crippen LogP contribution in [0.4, 0.5) is 0 Å². The Labute approximate surface area is 101 Å². The van der Waals surface area contributed by atoms with Gasteiger partial charge in [0.1, 0.15) is 0 Å². The highest BCUT2D eigenvalue weighted by atomic mass is 16.2. The predicted octanol–water partition coefficient (Wildman–Crippen LogP) is 3.04. The van der Waals surface area contributed by atoms with Crippen molar-refractivity contribution in [3.63, 3.8) is 0 Å². The molecule has 0 saturated carbocycles. The molecule has 0 aliphatic carbocycles. The second-order valence-corrected chi connectivity index (χ2v) is 4.45. The van der Waals surface area contributed by atoms with Gasteiger partial charge in [0.25, 0.3) is 5.91 Å². The normalized spacial score (nSPS) is 12.6. The third-order valence-electron chi connectivity index (χ3n) is 3.37. The largest absolute Gasteiger partial charge is 0.361 e. The van der Waals surface area contributed by atoms with Gasteiger partial charge in [-0.25, -0.2) is 0 Å². The average molecular weight is 230 g/mol. The van der Waals surface area contributed by atoms with Crippen molar-refractivity contribution in [1.29, 1.82) is 0 Å². The maximum Gasteiger partial charge on any atom is 0.253 e. The molecule has 1 amide bonds. The van der Waals surface area contributed by atoms with Gasteiger partial charge >= 0.3 is 0 Å². The van der Waals surface area contributed by atoms with Crippen molar-refractivity contribution in [2.45, 2.75) is 26.3 Å². The van der Waals surface area contributed by atoms with Crippen LogP contribution in [-0.2, 0) is 0 Å². The predicted molar refractivity (Wildman–Crippen MR) is 70.1 cm³/mol. The van der Waals surface area contributed by atoms with Crippen LogP contribution >= 0.6 is 0 Å². The molecule has 90 valence electrons. The van der Waals surface area contributed by atoms with E-state index in [1.165, 1.54) is 0 Å². The molecule has 0 aliphatic heterocycles. The van der Waals surface area contributed by atoms with Gasteiger partial charge in [0.2, 0.25) is 0 Å². The number of aromatic nitrogens is 1. The number of benzene rings is 1. The van der Waals surface area contributed by atoms with Gasteiger partial charge in [0.15, 0.2) is 0 Å². The lowest BCUT2D eigenvalue weighted by Gasteiger charge is -2.23. The molecule has 1 heterocycles. The Kier molecular flexibility index (Phi) is 3.18. The summed E-state index contributed by atoms with van der Waals surface area (Å²) in [5.74, 6) is 0.0795. The fraction of sp³-hybridized carbons (Fsp3) is 0.357. The van der Waals surface area contributed by atoms with E-state index in [0.717, 1.165) is 22.9 Å². The van der Waals surface area contributed by atoms with Crippen molar-refractivity contribution < 1.29 is 4.79 Å². The summed E-state index contributed by atoms with van der Waals surface area (Å²) in [6.07, 6.45) is 2.85. The molecule has 17 heavy (non-hydrogen) atoms. The maximum absolute atomic E-state index is 12.2. The zero-order valence-corrected chi connectivity index (χ0v) is 10.5. The number of rotatable bonds is 3. The topological polar surface area (TPSA) is 36.1 Å². The van der Waals surface area contributed by atoms with Crippen LogP contribution in [0, 0.1) is 0 Å². The summed E-state index contributed by atoms with van der Waals surface area (Å²) in [4.78, 5) is 17.1. The molecule has 2 aromatic rings. The summed E-state index contributed by atoms with van der Waals surface area (Å²) in [5.41, 5.74) is 1.75. The molecule has 0 radical (unpaired) electrons. The molecule has 1 aromatic carbocycles. The molecular formula is C14H18N2O. The molecule has 3 heteroatoms. The molecule has 0 aliphatic rings. The second-order valence-electron chi connectivity index (χ2n) is 4.45. The number of hydrogen-bond acceptors (Lipinski definition) is 1. The van der Waals surface area contributed by atoms with Crippen LogP contribution in [0.25, 0.3) is 10.9 Å². The number of H-pyrrole nitrogens is 1. The van der Waals surface area contributed by atoms with Crippen molar-refractivity contribution in [3.8, 4) is 0 Å². The summed E-state index contributed by atoms with van der Waals surface area (Å²) in [6, 6.07) is 8.04. The summed E-state index contributed by atoms with van der Waals surface area (Å²) >= 11 is 0. The molecule has 0 spiro atoms. The fourth-order valence-corrected chi connectivity index (χ4v) is 1.86. The Morgan fingerprint density at radius 1 is 1.41 bits per heavy atom. The van der Waals surface area contributed by atoms with Crippen LogP contribution in [0.3, 0.4) is 0 Å². The van der Waals surface area contributed by atoms with Gasteiger partial charge in [-0.3, -0.25) is 4.79 Å². The van der Waals surface area contributed by atoms with Crippen LogP contribution < -0.4 is 0 Å². The molecular weight excluding hydrogens is 212 g/mol. The standard InChI is InChI=1S/C14H18N2O/c1-4-10(2)16(3)14(17)12-6-5-11-7-8-15-13(11)9-12/h5-10,15H,4H2,1-3H3. The van der Waals surface area contributed by atoms with E-state index in [4.69, 9.17) is 0 Å². The van der Waals surface area contributed by atoms with Crippen molar-refractivity contribution in [1.82, 2.24) is 9.88 Å². The summed E-state index contributed by atoms with van der Waals surface area (Å²) in [7, 11) is 1.86. The van der Waals surface area contributed by atoms with Crippen molar-refractivity contribution >= 4 is 16.8 Å². The molecule has 0 fully saturated rings. The minimum absolute atomic E-state index is 0.0795. The third kappa shape index (κ3) is 2.18. The SMILES string of the molecule is CCC(C)N(C)C(=O)c1ccc2cc[nH]c2c1. The Morgan fingerprint density at radius 3 is 2.88 bits per heavy atom. The van der Waals surface area contributed by atoms with Crippen molar-refractivity contribution in [3.05, 3.63) is 36.0 Å². The summed E-state index contributed by atoms with van der Waals surface area (Å²) in [6.45, 7) is 4.15. The number of carbonyl (C=O) groups is 1. The monoisotopic (exact) mass is 230 g/mol. The maximum atomic E-state index is 12.2. The van der Waals surface area contributed by atoms with E-state index in [9.17, 15) is 4.79 Å². The van der Waals surface area contributed by atoms with Gasteiger partial charge in [-0.1, -0.05) is 13.0 Å². The number of nitrogens with zero attached hydrogens (tertiary/aromatic N) is 1. The average Bonchev–Trinajstić information content (AvgIpc) is 2.83. The quantitative estimate of drug-likeness (QED) is 0.864. The van der Waals surface area contributed by atoms with Crippen LogP contribution in [0.5, 0.6) is 0 Å². The number of carbonyl (C=O) groups excluding carboxylic acids is 1. The molecule has 1 aromatic heterocycles. The highest BCUT2D eigenvalue weighted by Crippen LogP contribution is 2.16. The Hall–Kier alpha value is -1.77. The van der Waals surface area contributed by atoms with Gasteiger partial charge < -0.3 is 9.88 Å². The zero-order valence-electron chi connectivity index (χ0n) is 10.5. The smallest absolute Gasteiger partial charge is 0.253 e. The van der Waals surface area contributed by atoms with E-state index >= 15 is 0 Å². The lowest BCUT2D eigenvalue weighted by molar-refractivity contribution is 0.0740. The van der Waals surface area contributed by atoms with E-state index in [-0.39, 0.29) is 11.9 Å². The Morgan fingerprint density at radius 2 is 2.18 bits per heavy atom. The molecule has 3 nitrogen and oxygen atoms in total. The van der Waals surface area contributed by atoms with Crippen LogP contribution in [-0.4, -0.2) is 28.9 Å². The molecule has 1 unspecified atom stereocenters. The van der Waals surface area contributed by atoms with E-state index in [1.54, 1.807) is 4.90 Å². The van der Waals surface area contributed by atoms with Gasteiger partial charge in [-0.2, -0.15) is 0 Å². The lowest BCUT2D eigenvalue weighted by atomic mass is 10.1. The van der Waals surface area contributed by atoms with E-state index < -0.39 is 0 Å². The van der Waals surface area contributed by atoms with Gasteiger partial charge in [0, 0.05) is 30.4 Å². The van der Waals surface area contributed by atoms with Crippen LogP contribution in [0.15, 0.2) is 30.5 Å². The first kappa shape index (κ1) is 11.7. The van der Waals surface area contributed by atoms with Crippen LogP contribution in [0.1, 0.15) is 30.6 Å². The number of nitrogens with one attached hydrogen (secondary N) is 1. The first-order valence-electron chi connectivity index (χ1n) is 5.97. The first-order valence-corrected chi connectivity index (χ1v) is 5.97. The number of fused-ring (bicyclic) bond motifs is 1. The zero-order chi connectivity index (χ0) is 12.4. The summed E-state index contributed by atoms with van der Waals surface area (Å²) < 4.78 is 0. The second kappa shape index (κ2) is 4.62. The molecule has 1 N–H and O–H groups in total. The number of hydrogen-bond donors (Lipinski definition) is 1. The molecule has 1 atom stereocenters. The number of aromatic amines is 1.